The predicted molar refractivity (Wildman–Crippen MR) is 118 cm³/mol. The van der Waals surface area contributed by atoms with Crippen LogP contribution in [0.25, 0.3) is 0 Å². The first kappa shape index (κ1) is 22.2. The Morgan fingerprint density at radius 3 is 1.07 bits per heavy atom. The highest BCUT2D eigenvalue weighted by atomic mass is 15.1. The van der Waals surface area contributed by atoms with Crippen molar-refractivity contribution in [2.24, 2.45) is 10.2 Å². The summed E-state index contributed by atoms with van der Waals surface area (Å²) in [5, 5.41) is 21.9. The van der Waals surface area contributed by atoms with Gasteiger partial charge in [0, 0.05) is 26.2 Å². The van der Waals surface area contributed by atoms with Crippen LogP contribution in [0.1, 0.15) is 12.8 Å². The van der Waals surface area contributed by atoms with Gasteiger partial charge in [0.1, 0.15) is 0 Å². The maximum absolute atomic E-state index is 4.10. The molecule has 0 spiro atoms. The monoisotopic (exact) mass is 382 g/mol. The molecule has 28 heavy (non-hydrogen) atoms. The second-order valence-corrected chi connectivity index (χ2v) is 6.58. The summed E-state index contributed by atoms with van der Waals surface area (Å²) < 4.78 is 0. The van der Waals surface area contributed by atoms with Gasteiger partial charge in [0.15, 0.2) is 0 Å². The third kappa shape index (κ3) is 11.6. The lowest BCUT2D eigenvalue weighted by molar-refractivity contribution is 0.530. The molecule has 2 aromatic carbocycles. The molecule has 6 nitrogen and oxygen atoms in total. The van der Waals surface area contributed by atoms with Gasteiger partial charge in [0.05, 0.1) is 11.4 Å². The van der Waals surface area contributed by atoms with E-state index in [0.717, 1.165) is 63.7 Å². The van der Waals surface area contributed by atoms with Crippen molar-refractivity contribution >= 4 is 11.4 Å². The summed E-state index contributed by atoms with van der Waals surface area (Å²) in [6.07, 6.45) is 2.44. The van der Waals surface area contributed by atoms with Crippen LogP contribution in [0.4, 0.5) is 11.4 Å². The van der Waals surface area contributed by atoms with Gasteiger partial charge in [0.2, 0.25) is 0 Å². The number of hydrogen-bond acceptors (Lipinski definition) is 6. The predicted octanol–water partition coefficient (Wildman–Crippen LogP) is 3.24. The molecule has 152 valence electrons. The third-order valence-corrected chi connectivity index (χ3v) is 4.16. The smallest absolute Gasteiger partial charge is 0.0857 e. The van der Waals surface area contributed by atoms with Crippen LogP contribution in [0, 0.1) is 0 Å². The fourth-order valence-corrected chi connectivity index (χ4v) is 2.64. The van der Waals surface area contributed by atoms with Crippen molar-refractivity contribution in [3.63, 3.8) is 0 Å². The first-order valence-electron chi connectivity index (χ1n) is 10.3. The van der Waals surface area contributed by atoms with E-state index in [1.54, 1.807) is 0 Å². The van der Waals surface area contributed by atoms with Crippen LogP contribution < -0.4 is 21.3 Å². The van der Waals surface area contributed by atoms with E-state index in [-0.39, 0.29) is 0 Å². The maximum atomic E-state index is 4.10. The van der Waals surface area contributed by atoms with Crippen LogP contribution in [0.2, 0.25) is 0 Å². The minimum absolute atomic E-state index is 0.872. The summed E-state index contributed by atoms with van der Waals surface area (Å²) in [5.74, 6) is 0. The Balaban J connectivity index is 0.000000200. The highest BCUT2D eigenvalue weighted by Crippen LogP contribution is 2.16. The fraction of sp³-hybridized carbons (Fsp3) is 0.455. The molecule has 3 rings (SSSR count). The van der Waals surface area contributed by atoms with Crippen molar-refractivity contribution < 1.29 is 0 Å². The quantitative estimate of drug-likeness (QED) is 0.602. The Morgan fingerprint density at radius 1 is 0.429 bits per heavy atom. The summed E-state index contributed by atoms with van der Waals surface area (Å²) in [6.45, 7) is 8.87. The summed E-state index contributed by atoms with van der Waals surface area (Å²) in [4.78, 5) is 0. The van der Waals surface area contributed by atoms with Crippen molar-refractivity contribution in [2.75, 3.05) is 52.4 Å². The fourth-order valence-electron chi connectivity index (χ4n) is 2.64. The minimum atomic E-state index is 0.872. The molecule has 4 N–H and O–H groups in total. The van der Waals surface area contributed by atoms with Gasteiger partial charge < -0.3 is 21.3 Å². The molecule has 1 saturated heterocycles. The molecule has 6 heteroatoms. The molecule has 0 atom stereocenters. The standard InChI is InChI=1S/C12H10N2.C10H24N4/c1-3-7-11(8-4-1)13-14-12-9-5-2-6-10-12;1-3-11-7-9-13-5-2-6-14-10-8-12-4-1/h1-10H;11-14H,1-10H2. The Labute approximate surface area is 169 Å². The zero-order valence-electron chi connectivity index (χ0n) is 16.7. The molecule has 0 amide bonds. The molecule has 1 aliphatic rings. The molecular weight excluding hydrogens is 348 g/mol. The average Bonchev–Trinajstić information content (AvgIpc) is 2.76. The number of rotatable bonds is 2. The number of nitrogens with zero attached hydrogens (tertiary/aromatic N) is 2. The van der Waals surface area contributed by atoms with Gasteiger partial charge in [-0.15, -0.1) is 0 Å². The van der Waals surface area contributed by atoms with Gasteiger partial charge in [-0.05, 0) is 63.3 Å². The molecule has 1 aliphatic heterocycles. The molecule has 1 fully saturated rings. The lowest BCUT2D eigenvalue weighted by atomic mass is 10.3. The first-order chi connectivity index (χ1) is 13.9. The van der Waals surface area contributed by atoms with Crippen LogP contribution >= 0.6 is 0 Å². The second-order valence-electron chi connectivity index (χ2n) is 6.58. The Bertz CT molecular complexity index is 523. The molecule has 1 heterocycles. The van der Waals surface area contributed by atoms with Gasteiger partial charge in [-0.2, -0.15) is 10.2 Å². The number of nitrogens with one attached hydrogen (secondary N) is 4. The average molecular weight is 383 g/mol. The van der Waals surface area contributed by atoms with Crippen molar-refractivity contribution in [1.29, 1.82) is 0 Å². The highest BCUT2D eigenvalue weighted by molar-refractivity contribution is 5.39. The second kappa shape index (κ2) is 15.9. The third-order valence-electron chi connectivity index (χ3n) is 4.16. The molecule has 0 bridgehead atoms. The normalized spacial score (nSPS) is 17.3. The van der Waals surface area contributed by atoms with Gasteiger partial charge in [-0.3, -0.25) is 0 Å². The van der Waals surface area contributed by atoms with Crippen LogP contribution in [-0.2, 0) is 0 Å². The molecular formula is C22H34N6. The Morgan fingerprint density at radius 2 is 0.750 bits per heavy atom. The largest absolute Gasteiger partial charge is 0.315 e. The van der Waals surface area contributed by atoms with E-state index in [1.807, 2.05) is 60.7 Å². The van der Waals surface area contributed by atoms with E-state index in [9.17, 15) is 0 Å². The lowest BCUT2D eigenvalue weighted by Gasteiger charge is -2.10. The lowest BCUT2D eigenvalue weighted by Crippen LogP contribution is -2.34. The molecule has 0 saturated carbocycles. The van der Waals surface area contributed by atoms with E-state index in [1.165, 1.54) is 12.8 Å². The van der Waals surface area contributed by atoms with E-state index in [4.69, 9.17) is 0 Å². The summed E-state index contributed by atoms with van der Waals surface area (Å²) in [6, 6.07) is 19.4. The summed E-state index contributed by atoms with van der Waals surface area (Å²) >= 11 is 0. The summed E-state index contributed by atoms with van der Waals surface area (Å²) in [7, 11) is 0. The van der Waals surface area contributed by atoms with Crippen molar-refractivity contribution in [3.8, 4) is 0 Å². The number of benzene rings is 2. The van der Waals surface area contributed by atoms with Crippen LogP contribution in [-0.4, -0.2) is 52.4 Å². The highest BCUT2D eigenvalue weighted by Gasteiger charge is 1.93. The van der Waals surface area contributed by atoms with Crippen LogP contribution in [0.5, 0.6) is 0 Å². The first-order valence-corrected chi connectivity index (χ1v) is 10.3. The number of azo groups is 1. The van der Waals surface area contributed by atoms with E-state index in [0.29, 0.717) is 0 Å². The van der Waals surface area contributed by atoms with E-state index < -0.39 is 0 Å². The molecule has 0 unspecified atom stereocenters. The molecule has 0 radical (unpaired) electrons. The zero-order valence-corrected chi connectivity index (χ0v) is 16.7. The topological polar surface area (TPSA) is 72.8 Å². The minimum Gasteiger partial charge on any atom is -0.315 e. The van der Waals surface area contributed by atoms with Crippen molar-refractivity contribution in [3.05, 3.63) is 60.7 Å². The molecule has 0 aromatic heterocycles. The van der Waals surface area contributed by atoms with Crippen molar-refractivity contribution in [1.82, 2.24) is 21.3 Å². The SMILES string of the molecule is C1CNCCNCCCNCCNC1.c1ccc(N=Nc2ccccc2)cc1. The van der Waals surface area contributed by atoms with Crippen molar-refractivity contribution in [2.45, 2.75) is 12.8 Å². The van der Waals surface area contributed by atoms with Gasteiger partial charge in [0.25, 0.3) is 0 Å². The van der Waals surface area contributed by atoms with Crippen LogP contribution in [0.3, 0.4) is 0 Å². The summed E-state index contributed by atoms with van der Waals surface area (Å²) in [5.41, 5.74) is 1.74. The molecule has 0 aliphatic carbocycles. The van der Waals surface area contributed by atoms with E-state index >= 15 is 0 Å². The molecule has 2 aromatic rings. The Kier molecular flexibility index (Phi) is 12.6. The van der Waals surface area contributed by atoms with Crippen LogP contribution in [0.15, 0.2) is 70.9 Å². The number of hydrogen-bond donors (Lipinski definition) is 4. The van der Waals surface area contributed by atoms with Gasteiger partial charge >= 0.3 is 0 Å². The van der Waals surface area contributed by atoms with E-state index in [2.05, 4.69) is 31.5 Å². The van der Waals surface area contributed by atoms with Gasteiger partial charge in [-0.1, -0.05) is 36.4 Å². The van der Waals surface area contributed by atoms with Gasteiger partial charge in [-0.25, -0.2) is 0 Å². The maximum Gasteiger partial charge on any atom is 0.0857 e. The Hall–Kier alpha value is -2.12. The zero-order chi connectivity index (χ0) is 19.5.